The molecule has 1 saturated carbocycles. The number of anilines is 1. The molecule has 0 aliphatic heterocycles. The third kappa shape index (κ3) is 7.66. The molecule has 0 bridgehead atoms. The summed E-state index contributed by atoms with van der Waals surface area (Å²) in [6, 6.07) is 7.62. The number of benzene rings is 1. The Bertz CT molecular complexity index is 913. The van der Waals surface area contributed by atoms with Crippen LogP contribution < -0.4 is 20.7 Å². The van der Waals surface area contributed by atoms with E-state index >= 15 is 0 Å². The number of methoxy groups -OCH3 is 1. The topological polar surface area (TPSA) is 110 Å². The first kappa shape index (κ1) is 24.9. The van der Waals surface area contributed by atoms with Crippen molar-refractivity contribution in [3.63, 3.8) is 0 Å². The van der Waals surface area contributed by atoms with Gasteiger partial charge in [0.1, 0.15) is 5.75 Å². The van der Waals surface area contributed by atoms with E-state index < -0.39 is 6.03 Å². The van der Waals surface area contributed by atoms with Crippen LogP contribution in [0.15, 0.2) is 29.4 Å². The van der Waals surface area contributed by atoms with E-state index in [0.717, 1.165) is 42.9 Å². The van der Waals surface area contributed by atoms with Crippen molar-refractivity contribution in [2.24, 2.45) is 0 Å². The van der Waals surface area contributed by atoms with Crippen LogP contribution in [-0.2, 0) is 11.3 Å². The fourth-order valence-electron chi connectivity index (χ4n) is 3.86. The first-order valence-corrected chi connectivity index (χ1v) is 12.6. The number of nitrogens with one attached hydrogen (secondary N) is 3. The number of carbonyl (C=O) groups excluding carboxylic acids is 2. The molecule has 10 heteroatoms. The minimum Gasteiger partial charge on any atom is -0.497 e. The highest BCUT2D eigenvalue weighted by Crippen LogP contribution is 2.33. The summed E-state index contributed by atoms with van der Waals surface area (Å²) in [5, 5.41) is 18.0. The highest BCUT2D eigenvalue weighted by molar-refractivity contribution is 7.99. The van der Waals surface area contributed by atoms with Crippen LogP contribution in [0, 0.1) is 0 Å². The highest BCUT2D eigenvalue weighted by atomic mass is 32.2. The molecule has 1 aliphatic carbocycles. The number of urea groups is 1. The van der Waals surface area contributed by atoms with Crippen molar-refractivity contribution in [2.45, 2.75) is 69.6 Å². The Morgan fingerprint density at radius 1 is 1.21 bits per heavy atom. The van der Waals surface area contributed by atoms with Gasteiger partial charge in [0.05, 0.1) is 19.4 Å². The van der Waals surface area contributed by atoms with Crippen molar-refractivity contribution in [3.8, 4) is 5.75 Å². The maximum atomic E-state index is 12.3. The number of aromatic nitrogens is 3. The van der Waals surface area contributed by atoms with Gasteiger partial charge in [0.25, 0.3) is 0 Å². The second kappa shape index (κ2) is 13.1. The zero-order chi connectivity index (χ0) is 23.5. The van der Waals surface area contributed by atoms with Crippen LogP contribution in [0.5, 0.6) is 5.75 Å². The molecule has 9 nitrogen and oxygen atoms in total. The molecule has 180 valence electrons. The van der Waals surface area contributed by atoms with Crippen LogP contribution in [-0.4, -0.2) is 46.1 Å². The van der Waals surface area contributed by atoms with Crippen molar-refractivity contribution in [1.82, 2.24) is 25.4 Å². The van der Waals surface area contributed by atoms with Gasteiger partial charge in [0, 0.05) is 24.3 Å². The summed E-state index contributed by atoms with van der Waals surface area (Å²) in [6.07, 6.45) is 7.60. The van der Waals surface area contributed by atoms with E-state index in [4.69, 9.17) is 4.74 Å². The molecule has 0 radical (unpaired) electrons. The number of thioether (sulfide) groups is 1. The second-order valence-electron chi connectivity index (χ2n) is 8.09. The molecule has 3 rings (SSSR count). The van der Waals surface area contributed by atoms with Gasteiger partial charge in [0.15, 0.2) is 11.0 Å². The standard InChI is InChI=1S/C23H34N6O3S/c1-3-4-13-24-22(31)26-21(30)16-33-23-28-27-20(29(23)18-10-6-5-7-11-18)15-25-17-9-8-12-19(14-17)32-2/h8-9,12,14,18,25H,3-7,10-11,13,15-16H2,1-2H3,(H2,24,26,30,31). The predicted octanol–water partition coefficient (Wildman–Crippen LogP) is 4.12. The first-order chi connectivity index (χ1) is 16.1. The lowest BCUT2D eigenvalue weighted by Crippen LogP contribution is -2.40. The monoisotopic (exact) mass is 474 g/mol. The third-order valence-corrected chi connectivity index (χ3v) is 6.54. The molecular formula is C23H34N6O3S. The number of amides is 3. The van der Waals surface area contributed by atoms with Crippen LogP contribution in [0.4, 0.5) is 10.5 Å². The zero-order valence-electron chi connectivity index (χ0n) is 19.4. The van der Waals surface area contributed by atoms with E-state index in [1.54, 1.807) is 7.11 Å². The quantitative estimate of drug-likeness (QED) is 0.332. The Kier molecular flexibility index (Phi) is 9.86. The van der Waals surface area contributed by atoms with Crippen molar-refractivity contribution < 1.29 is 14.3 Å². The summed E-state index contributed by atoms with van der Waals surface area (Å²) >= 11 is 1.32. The van der Waals surface area contributed by atoms with Gasteiger partial charge in [-0.2, -0.15) is 0 Å². The molecule has 0 unspecified atom stereocenters. The maximum Gasteiger partial charge on any atom is 0.321 e. The van der Waals surface area contributed by atoms with E-state index in [9.17, 15) is 9.59 Å². The summed E-state index contributed by atoms with van der Waals surface area (Å²) < 4.78 is 7.47. The van der Waals surface area contributed by atoms with E-state index in [-0.39, 0.29) is 11.7 Å². The number of hydrogen-bond donors (Lipinski definition) is 3. The van der Waals surface area contributed by atoms with E-state index in [0.29, 0.717) is 24.3 Å². The SMILES string of the molecule is CCCCNC(=O)NC(=O)CSc1nnc(CNc2cccc(OC)c2)n1C1CCCCC1. The number of hydrogen-bond acceptors (Lipinski definition) is 7. The maximum absolute atomic E-state index is 12.3. The summed E-state index contributed by atoms with van der Waals surface area (Å²) in [5.41, 5.74) is 0.940. The smallest absolute Gasteiger partial charge is 0.321 e. The minimum absolute atomic E-state index is 0.107. The van der Waals surface area contributed by atoms with E-state index in [1.807, 2.05) is 31.2 Å². The fraction of sp³-hybridized carbons (Fsp3) is 0.565. The lowest BCUT2D eigenvalue weighted by Gasteiger charge is -2.25. The second-order valence-corrected chi connectivity index (χ2v) is 9.03. The lowest BCUT2D eigenvalue weighted by atomic mass is 9.95. The van der Waals surface area contributed by atoms with Crippen LogP contribution in [0.3, 0.4) is 0 Å². The molecule has 1 fully saturated rings. The van der Waals surface area contributed by atoms with Crippen LogP contribution >= 0.6 is 11.8 Å². The average Bonchev–Trinajstić information content (AvgIpc) is 3.25. The van der Waals surface area contributed by atoms with Crippen molar-refractivity contribution >= 4 is 29.4 Å². The molecule has 0 atom stereocenters. The molecule has 0 saturated heterocycles. The average molecular weight is 475 g/mol. The van der Waals surface area contributed by atoms with Crippen LogP contribution in [0.1, 0.15) is 63.7 Å². The summed E-state index contributed by atoms with van der Waals surface area (Å²) in [7, 11) is 1.65. The minimum atomic E-state index is -0.453. The Morgan fingerprint density at radius 3 is 2.79 bits per heavy atom. The highest BCUT2D eigenvalue weighted by Gasteiger charge is 2.23. The normalized spacial score (nSPS) is 14.0. The van der Waals surface area contributed by atoms with Gasteiger partial charge in [0.2, 0.25) is 5.91 Å². The molecule has 1 aliphatic rings. The number of nitrogens with zero attached hydrogens (tertiary/aromatic N) is 3. The number of imide groups is 1. The lowest BCUT2D eigenvalue weighted by molar-refractivity contribution is -0.117. The molecule has 2 aromatic rings. The Labute approximate surface area is 199 Å². The molecule has 1 aromatic carbocycles. The van der Waals surface area contributed by atoms with Crippen LogP contribution in [0.25, 0.3) is 0 Å². The van der Waals surface area contributed by atoms with E-state index in [2.05, 4.69) is 30.7 Å². The number of rotatable bonds is 11. The third-order valence-electron chi connectivity index (χ3n) is 5.60. The molecule has 3 amide bonds. The van der Waals surface area contributed by atoms with Gasteiger partial charge in [-0.05, 0) is 31.4 Å². The summed E-state index contributed by atoms with van der Waals surface area (Å²) in [5.74, 6) is 1.39. The molecule has 0 spiro atoms. The molecule has 33 heavy (non-hydrogen) atoms. The Hall–Kier alpha value is -2.75. The van der Waals surface area contributed by atoms with Gasteiger partial charge in [-0.25, -0.2) is 4.79 Å². The number of ether oxygens (including phenoxy) is 1. The van der Waals surface area contributed by atoms with Gasteiger partial charge < -0.3 is 19.9 Å². The van der Waals surface area contributed by atoms with E-state index in [1.165, 1.54) is 31.0 Å². The predicted molar refractivity (Wildman–Crippen MR) is 130 cm³/mol. The van der Waals surface area contributed by atoms with Crippen molar-refractivity contribution in [1.29, 1.82) is 0 Å². The molecule has 1 aromatic heterocycles. The Balaban J connectivity index is 1.63. The Morgan fingerprint density at radius 2 is 2.03 bits per heavy atom. The van der Waals surface area contributed by atoms with Crippen molar-refractivity contribution in [2.75, 3.05) is 24.7 Å². The first-order valence-electron chi connectivity index (χ1n) is 11.6. The number of carbonyl (C=O) groups is 2. The number of unbranched alkanes of at least 4 members (excludes halogenated alkanes) is 1. The summed E-state index contributed by atoms with van der Waals surface area (Å²) in [4.78, 5) is 24.1. The molecule has 3 N–H and O–H groups in total. The zero-order valence-corrected chi connectivity index (χ0v) is 20.2. The van der Waals surface area contributed by atoms with Gasteiger partial charge in [-0.3, -0.25) is 10.1 Å². The van der Waals surface area contributed by atoms with Gasteiger partial charge in [-0.1, -0.05) is 50.4 Å². The molecular weight excluding hydrogens is 440 g/mol. The largest absolute Gasteiger partial charge is 0.497 e. The van der Waals surface area contributed by atoms with Gasteiger partial charge in [-0.15, -0.1) is 10.2 Å². The van der Waals surface area contributed by atoms with Gasteiger partial charge >= 0.3 is 6.03 Å². The fourth-order valence-corrected chi connectivity index (χ4v) is 4.69. The summed E-state index contributed by atoms with van der Waals surface area (Å²) in [6.45, 7) is 3.12. The van der Waals surface area contributed by atoms with Crippen molar-refractivity contribution in [3.05, 3.63) is 30.1 Å². The molecule has 1 heterocycles. The van der Waals surface area contributed by atoms with Crippen LogP contribution in [0.2, 0.25) is 0 Å².